The summed E-state index contributed by atoms with van der Waals surface area (Å²) in [5.74, 6) is -0.343. The quantitative estimate of drug-likeness (QED) is 0.268. The summed E-state index contributed by atoms with van der Waals surface area (Å²) in [6, 6.07) is 11.6. The number of nitro groups is 1. The Morgan fingerprint density at radius 1 is 1.08 bits per heavy atom. The van der Waals surface area contributed by atoms with E-state index in [1.807, 2.05) is 0 Å². The number of carbonyl (C=O) groups is 2. The fourth-order valence-corrected chi connectivity index (χ4v) is 1.81. The summed E-state index contributed by atoms with van der Waals surface area (Å²) >= 11 is 0. The van der Waals surface area contributed by atoms with Gasteiger partial charge in [-0.05, 0) is 43.3 Å². The molecule has 0 aliphatic heterocycles. The summed E-state index contributed by atoms with van der Waals surface area (Å²) in [7, 11) is 0. The van der Waals surface area contributed by atoms with Crippen LogP contribution in [0.25, 0.3) is 0 Å². The highest BCUT2D eigenvalue weighted by atomic mass is 16.6. The Hall–Kier alpha value is -3.68. The first-order valence-electron chi connectivity index (χ1n) is 7.50. The molecule has 0 atom stereocenters. The van der Waals surface area contributed by atoms with Gasteiger partial charge in [-0.15, -0.1) is 0 Å². The number of ether oxygens (including phenoxy) is 2. The summed E-state index contributed by atoms with van der Waals surface area (Å²) in [6.45, 7) is 4.81. The molecule has 0 aliphatic carbocycles. The summed E-state index contributed by atoms with van der Waals surface area (Å²) in [5, 5.41) is 13.2. The van der Waals surface area contributed by atoms with Gasteiger partial charge in [0.2, 0.25) is 0 Å². The summed E-state index contributed by atoms with van der Waals surface area (Å²) in [4.78, 5) is 33.3. The molecule has 0 saturated carbocycles. The number of hydrogen-bond donors (Lipinski definition) is 1. The van der Waals surface area contributed by atoms with Crippen LogP contribution in [0.2, 0.25) is 0 Å². The van der Waals surface area contributed by atoms with Gasteiger partial charge < -0.3 is 14.8 Å². The Balaban J connectivity index is 1.84. The normalized spacial score (nSPS) is 9.88. The zero-order chi connectivity index (χ0) is 19.1. The molecule has 0 spiro atoms. The van der Waals surface area contributed by atoms with Crippen molar-refractivity contribution in [1.82, 2.24) is 0 Å². The molecule has 2 aromatic carbocycles. The number of anilines is 1. The number of non-ortho nitro benzene ring substituents is 1. The maximum Gasteiger partial charge on any atom is 0.349 e. The van der Waals surface area contributed by atoms with E-state index in [1.165, 1.54) is 24.3 Å². The van der Waals surface area contributed by atoms with Gasteiger partial charge in [0.1, 0.15) is 11.5 Å². The van der Waals surface area contributed by atoms with E-state index in [0.29, 0.717) is 17.0 Å². The molecule has 0 unspecified atom stereocenters. The van der Waals surface area contributed by atoms with Crippen LogP contribution < -0.4 is 14.8 Å². The van der Waals surface area contributed by atoms with Crippen molar-refractivity contribution < 1.29 is 24.0 Å². The second-order valence-electron chi connectivity index (χ2n) is 5.27. The van der Waals surface area contributed by atoms with Crippen LogP contribution in [0.5, 0.6) is 11.5 Å². The Bertz CT molecular complexity index is 828. The van der Waals surface area contributed by atoms with E-state index >= 15 is 0 Å². The lowest BCUT2D eigenvalue weighted by Gasteiger charge is -2.08. The van der Waals surface area contributed by atoms with Crippen molar-refractivity contribution in [3.63, 3.8) is 0 Å². The number of nitro benzene ring substituents is 1. The minimum absolute atomic E-state index is 0.0973. The van der Waals surface area contributed by atoms with Crippen LogP contribution in [0.1, 0.15) is 6.92 Å². The lowest BCUT2D eigenvalue weighted by molar-refractivity contribution is -0.384. The van der Waals surface area contributed by atoms with Crippen LogP contribution in [0.15, 0.2) is 60.7 Å². The van der Waals surface area contributed by atoms with E-state index < -0.39 is 10.9 Å². The Morgan fingerprint density at radius 3 is 2.19 bits per heavy atom. The minimum Gasteiger partial charge on any atom is -0.482 e. The van der Waals surface area contributed by atoms with Gasteiger partial charge in [-0.2, -0.15) is 0 Å². The van der Waals surface area contributed by atoms with E-state index in [9.17, 15) is 19.7 Å². The molecule has 8 heteroatoms. The Labute approximate surface area is 149 Å². The van der Waals surface area contributed by atoms with E-state index in [0.717, 1.165) is 0 Å². The maximum absolute atomic E-state index is 11.7. The number of benzene rings is 2. The first-order valence-corrected chi connectivity index (χ1v) is 7.50. The molecule has 1 N–H and O–H groups in total. The predicted octanol–water partition coefficient (Wildman–Crippen LogP) is 3.09. The zero-order valence-electron chi connectivity index (χ0n) is 13.9. The number of rotatable bonds is 7. The predicted molar refractivity (Wildman–Crippen MR) is 94.1 cm³/mol. The van der Waals surface area contributed by atoms with Crippen LogP contribution in [0.4, 0.5) is 11.4 Å². The summed E-state index contributed by atoms with van der Waals surface area (Å²) in [6.07, 6.45) is 0. The lowest BCUT2D eigenvalue weighted by Crippen LogP contribution is -2.17. The van der Waals surface area contributed by atoms with Crippen molar-refractivity contribution in [2.45, 2.75) is 6.92 Å². The molecular formula is C18H16N2O6. The van der Waals surface area contributed by atoms with Gasteiger partial charge in [0.15, 0.2) is 6.61 Å². The molecule has 0 saturated heterocycles. The number of esters is 1. The Kier molecular flexibility index (Phi) is 6.05. The van der Waals surface area contributed by atoms with Crippen molar-refractivity contribution >= 4 is 23.3 Å². The topological polar surface area (TPSA) is 108 Å². The molecule has 0 fully saturated rings. The van der Waals surface area contributed by atoms with Crippen LogP contribution >= 0.6 is 0 Å². The fourth-order valence-electron chi connectivity index (χ4n) is 1.81. The van der Waals surface area contributed by atoms with Crippen LogP contribution in [0, 0.1) is 10.1 Å². The highest BCUT2D eigenvalue weighted by Gasteiger charge is 2.09. The highest BCUT2D eigenvalue weighted by molar-refractivity contribution is 6.02. The zero-order valence-corrected chi connectivity index (χ0v) is 13.9. The maximum atomic E-state index is 11.7. The molecule has 26 heavy (non-hydrogen) atoms. The third-order valence-electron chi connectivity index (χ3n) is 3.14. The minimum atomic E-state index is -0.654. The van der Waals surface area contributed by atoms with Crippen molar-refractivity contribution in [3.8, 4) is 11.5 Å². The van der Waals surface area contributed by atoms with Crippen LogP contribution in [0.3, 0.4) is 0 Å². The molecule has 0 aliphatic rings. The molecule has 1 amide bonds. The average Bonchev–Trinajstić information content (AvgIpc) is 2.61. The highest BCUT2D eigenvalue weighted by Crippen LogP contribution is 2.18. The van der Waals surface area contributed by atoms with Gasteiger partial charge in [0, 0.05) is 23.4 Å². The SMILES string of the molecule is C=C(C)C(=O)Nc1ccc(OCC(=O)Oc2ccc([N+](=O)[O-])cc2)cc1. The van der Waals surface area contributed by atoms with Gasteiger partial charge in [-0.3, -0.25) is 14.9 Å². The fraction of sp³-hybridized carbons (Fsp3) is 0.111. The van der Waals surface area contributed by atoms with E-state index in [-0.39, 0.29) is 24.0 Å². The molecule has 0 heterocycles. The number of amides is 1. The van der Waals surface area contributed by atoms with Gasteiger partial charge in [0.05, 0.1) is 4.92 Å². The standard InChI is InChI=1S/C18H16N2O6/c1-12(2)18(22)19-13-3-7-15(8-4-13)25-11-17(21)26-16-9-5-14(6-10-16)20(23)24/h3-10H,1,11H2,2H3,(H,19,22). The Morgan fingerprint density at radius 2 is 1.65 bits per heavy atom. The van der Waals surface area contributed by atoms with Crippen LogP contribution in [-0.4, -0.2) is 23.4 Å². The first-order chi connectivity index (χ1) is 12.3. The molecule has 2 aromatic rings. The monoisotopic (exact) mass is 356 g/mol. The summed E-state index contributed by atoms with van der Waals surface area (Å²) in [5.41, 5.74) is 0.859. The van der Waals surface area contributed by atoms with Crippen molar-refractivity contribution in [3.05, 3.63) is 70.8 Å². The van der Waals surface area contributed by atoms with Crippen molar-refractivity contribution in [2.75, 3.05) is 11.9 Å². The second-order valence-corrected chi connectivity index (χ2v) is 5.27. The second kappa shape index (κ2) is 8.43. The molecule has 0 bridgehead atoms. The third kappa shape index (κ3) is 5.45. The third-order valence-corrected chi connectivity index (χ3v) is 3.14. The smallest absolute Gasteiger partial charge is 0.349 e. The summed E-state index contributed by atoms with van der Waals surface area (Å²) < 4.78 is 10.3. The lowest BCUT2D eigenvalue weighted by atomic mass is 10.2. The van der Waals surface area contributed by atoms with Crippen LogP contribution in [-0.2, 0) is 9.59 Å². The van der Waals surface area contributed by atoms with Crippen molar-refractivity contribution in [1.29, 1.82) is 0 Å². The molecule has 0 radical (unpaired) electrons. The average molecular weight is 356 g/mol. The molecule has 8 nitrogen and oxygen atoms in total. The van der Waals surface area contributed by atoms with E-state index in [1.54, 1.807) is 31.2 Å². The van der Waals surface area contributed by atoms with E-state index in [2.05, 4.69) is 11.9 Å². The number of hydrogen-bond acceptors (Lipinski definition) is 6. The first kappa shape index (κ1) is 18.7. The van der Waals surface area contributed by atoms with Crippen molar-refractivity contribution in [2.24, 2.45) is 0 Å². The number of nitrogens with zero attached hydrogens (tertiary/aromatic N) is 1. The van der Waals surface area contributed by atoms with E-state index in [4.69, 9.17) is 9.47 Å². The van der Waals surface area contributed by atoms with Gasteiger partial charge in [-0.1, -0.05) is 6.58 Å². The number of nitrogens with one attached hydrogen (secondary N) is 1. The largest absolute Gasteiger partial charge is 0.482 e. The molecule has 0 aromatic heterocycles. The molecule has 134 valence electrons. The molecule has 2 rings (SSSR count). The van der Waals surface area contributed by atoms with Gasteiger partial charge >= 0.3 is 5.97 Å². The molecular weight excluding hydrogens is 340 g/mol. The van der Waals surface area contributed by atoms with Gasteiger partial charge in [0.25, 0.3) is 11.6 Å². The number of carbonyl (C=O) groups excluding carboxylic acids is 2. The van der Waals surface area contributed by atoms with Gasteiger partial charge in [-0.25, -0.2) is 4.79 Å².